The number of benzene rings is 2. The first kappa shape index (κ1) is 23.1. The molecule has 0 unspecified atom stereocenters. The summed E-state index contributed by atoms with van der Waals surface area (Å²) < 4.78 is 16.9. The Morgan fingerprint density at radius 2 is 1.71 bits per heavy atom. The summed E-state index contributed by atoms with van der Waals surface area (Å²) >= 11 is 18.4. The number of rotatable bonds is 11. The standard InChI is InChI=1S/C21H26Cl3NO3/c1-14(2)27-8-4-7-25-12-16-10-19(24)21(20(11-16)26-3)28-13-15-5-6-17(22)18(23)9-15/h5-6,9-11,14,25H,4,7-8,12-13H2,1-3H3. The minimum absolute atomic E-state index is 0.263. The largest absolute Gasteiger partial charge is 0.493 e. The maximum Gasteiger partial charge on any atom is 0.180 e. The average molecular weight is 447 g/mol. The van der Waals surface area contributed by atoms with Gasteiger partial charge in [0.1, 0.15) is 6.61 Å². The first-order valence-electron chi connectivity index (χ1n) is 9.16. The van der Waals surface area contributed by atoms with Crippen LogP contribution in [0.3, 0.4) is 0 Å². The van der Waals surface area contributed by atoms with Gasteiger partial charge in [0.05, 0.1) is 28.3 Å². The molecule has 28 heavy (non-hydrogen) atoms. The summed E-state index contributed by atoms with van der Waals surface area (Å²) in [6, 6.07) is 9.17. The second-order valence-electron chi connectivity index (χ2n) is 6.60. The highest BCUT2D eigenvalue weighted by atomic mass is 35.5. The summed E-state index contributed by atoms with van der Waals surface area (Å²) in [5, 5.41) is 4.88. The predicted molar refractivity (Wildman–Crippen MR) is 116 cm³/mol. The molecule has 0 aromatic heterocycles. The summed E-state index contributed by atoms with van der Waals surface area (Å²) in [5.74, 6) is 1.09. The van der Waals surface area contributed by atoms with Crippen molar-refractivity contribution < 1.29 is 14.2 Å². The van der Waals surface area contributed by atoms with Crippen LogP contribution in [-0.4, -0.2) is 26.4 Å². The van der Waals surface area contributed by atoms with Crippen molar-refractivity contribution in [3.8, 4) is 11.5 Å². The minimum Gasteiger partial charge on any atom is -0.493 e. The normalized spacial score (nSPS) is 11.1. The molecule has 0 radical (unpaired) electrons. The Labute approximate surface area is 182 Å². The first-order chi connectivity index (χ1) is 13.4. The monoisotopic (exact) mass is 445 g/mol. The number of hydrogen-bond donors (Lipinski definition) is 1. The Morgan fingerprint density at radius 3 is 2.39 bits per heavy atom. The molecule has 0 spiro atoms. The Kier molecular flexibility index (Phi) is 9.69. The molecule has 4 nitrogen and oxygen atoms in total. The van der Waals surface area contributed by atoms with Crippen molar-refractivity contribution in [3.05, 3.63) is 56.5 Å². The fourth-order valence-electron chi connectivity index (χ4n) is 2.55. The second kappa shape index (κ2) is 11.7. The van der Waals surface area contributed by atoms with Crippen LogP contribution in [-0.2, 0) is 17.9 Å². The Bertz CT molecular complexity index is 769. The highest BCUT2D eigenvalue weighted by Crippen LogP contribution is 2.37. The number of methoxy groups -OCH3 is 1. The van der Waals surface area contributed by atoms with E-state index in [2.05, 4.69) is 5.32 Å². The maximum absolute atomic E-state index is 6.43. The molecule has 0 saturated carbocycles. The van der Waals surface area contributed by atoms with Gasteiger partial charge in [-0.1, -0.05) is 40.9 Å². The van der Waals surface area contributed by atoms with E-state index in [0.717, 1.165) is 30.7 Å². The predicted octanol–water partition coefficient (Wildman–Crippen LogP) is 6.14. The molecule has 0 aliphatic rings. The lowest BCUT2D eigenvalue weighted by atomic mass is 10.2. The van der Waals surface area contributed by atoms with Gasteiger partial charge in [-0.2, -0.15) is 0 Å². The van der Waals surface area contributed by atoms with Crippen LogP contribution in [0.4, 0.5) is 0 Å². The number of nitrogens with one attached hydrogen (secondary N) is 1. The molecule has 2 aromatic rings. The zero-order valence-electron chi connectivity index (χ0n) is 16.4. The van der Waals surface area contributed by atoms with E-state index < -0.39 is 0 Å². The second-order valence-corrected chi connectivity index (χ2v) is 7.82. The highest BCUT2D eigenvalue weighted by Gasteiger charge is 2.13. The smallest absolute Gasteiger partial charge is 0.180 e. The third-order valence-corrected chi connectivity index (χ3v) is 4.95. The molecule has 0 saturated heterocycles. The van der Waals surface area contributed by atoms with Gasteiger partial charge in [-0.25, -0.2) is 0 Å². The molecule has 0 heterocycles. The van der Waals surface area contributed by atoms with Crippen molar-refractivity contribution in [1.29, 1.82) is 0 Å². The van der Waals surface area contributed by atoms with Crippen molar-refractivity contribution in [1.82, 2.24) is 5.32 Å². The molecular weight excluding hydrogens is 421 g/mol. The van der Waals surface area contributed by atoms with Gasteiger partial charge in [0.25, 0.3) is 0 Å². The molecule has 0 aliphatic heterocycles. The lowest BCUT2D eigenvalue weighted by Crippen LogP contribution is -2.17. The summed E-state index contributed by atoms with van der Waals surface area (Å²) in [6.45, 7) is 6.67. The lowest BCUT2D eigenvalue weighted by Gasteiger charge is -2.15. The average Bonchev–Trinajstić information content (AvgIpc) is 2.65. The van der Waals surface area contributed by atoms with Crippen LogP contribution < -0.4 is 14.8 Å². The van der Waals surface area contributed by atoms with Gasteiger partial charge >= 0.3 is 0 Å². The molecular formula is C21H26Cl3NO3. The molecule has 2 rings (SSSR count). The van der Waals surface area contributed by atoms with Crippen LogP contribution in [0.1, 0.15) is 31.4 Å². The van der Waals surface area contributed by atoms with Crippen LogP contribution in [0.5, 0.6) is 11.5 Å². The summed E-state index contributed by atoms with van der Waals surface area (Å²) in [6.07, 6.45) is 1.22. The molecule has 0 bridgehead atoms. The lowest BCUT2D eigenvalue weighted by molar-refractivity contribution is 0.0770. The Hall–Kier alpha value is -1.17. The van der Waals surface area contributed by atoms with Crippen molar-refractivity contribution >= 4 is 34.8 Å². The Morgan fingerprint density at radius 1 is 0.964 bits per heavy atom. The molecule has 0 atom stereocenters. The zero-order valence-corrected chi connectivity index (χ0v) is 18.6. The zero-order chi connectivity index (χ0) is 20.5. The SMILES string of the molecule is COc1cc(CNCCCOC(C)C)cc(Cl)c1OCc1ccc(Cl)c(Cl)c1. The summed E-state index contributed by atoms with van der Waals surface area (Å²) in [5.41, 5.74) is 1.91. The first-order valence-corrected chi connectivity index (χ1v) is 10.3. The van der Waals surface area contributed by atoms with E-state index in [9.17, 15) is 0 Å². The van der Waals surface area contributed by atoms with Gasteiger partial charge in [-0.3, -0.25) is 0 Å². The van der Waals surface area contributed by atoms with E-state index in [4.69, 9.17) is 49.0 Å². The minimum atomic E-state index is 0.263. The van der Waals surface area contributed by atoms with Gasteiger partial charge in [0.2, 0.25) is 0 Å². The summed E-state index contributed by atoms with van der Waals surface area (Å²) in [7, 11) is 1.60. The van der Waals surface area contributed by atoms with E-state index in [0.29, 0.717) is 39.7 Å². The van der Waals surface area contributed by atoms with Crippen molar-refractivity contribution in [2.75, 3.05) is 20.3 Å². The van der Waals surface area contributed by atoms with Crippen LogP contribution >= 0.6 is 34.8 Å². The molecule has 0 fully saturated rings. The van der Waals surface area contributed by atoms with E-state index in [1.165, 1.54) is 0 Å². The van der Waals surface area contributed by atoms with Gasteiger partial charge in [-0.05, 0) is 62.2 Å². The quantitative estimate of drug-likeness (QED) is 0.421. The maximum atomic E-state index is 6.43. The van der Waals surface area contributed by atoms with Gasteiger partial charge in [0, 0.05) is 13.2 Å². The van der Waals surface area contributed by atoms with Gasteiger partial charge < -0.3 is 19.5 Å². The van der Waals surface area contributed by atoms with Crippen LogP contribution in [0.25, 0.3) is 0 Å². The van der Waals surface area contributed by atoms with Gasteiger partial charge in [0.15, 0.2) is 11.5 Å². The number of hydrogen-bond acceptors (Lipinski definition) is 4. The van der Waals surface area contributed by atoms with E-state index >= 15 is 0 Å². The van der Waals surface area contributed by atoms with Crippen LogP contribution in [0.2, 0.25) is 15.1 Å². The third kappa shape index (κ3) is 7.34. The Balaban J connectivity index is 1.93. The number of ether oxygens (including phenoxy) is 3. The fourth-order valence-corrected chi connectivity index (χ4v) is 3.16. The highest BCUT2D eigenvalue weighted by molar-refractivity contribution is 6.42. The topological polar surface area (TPSA) is 39.7 Å². The molecule has 7 heteroatoms. The van der Waals surface area contributed by atoms with E-state index in [1.54, 1.807) is 19.2 Å². The summed E-state index contributed by atoms with van der Waals surface area (Å²) in [4.78, 5) is 0. The molecule has 0 aliphatic carbocycles. The molecule has 1 N–H and O–H groups in total. The molecule has 154 valence electrons. The molecule has 0 amide bonds. The fraction of sp³-hybridized carbons (Fsp3) is 0.429. The van der Waals surface area contributed by atoms with Crippen molar-refractivity contribution in [3.63, 3.8) is 0 Å². The third-order valence-electron chi connectivity index (χ3n) is 3.93. The van der Waals surface area contributed by atoms with E-state index in [-0.39, 0.29) is 6.10 Å². The van der Waals surface area contributed by atoms with Gasteiger partial charge in [-0.15, -0.1) is 0 Å². The van der Waals surface area contributed by atoms with Crippen molar-refractivity contribution in [2.24, 2.45) is 0 Å². The van der Waals surface area contributed by atoms with Crippen LogP contribution in [0, 0.1) is 0 Å². The molecule has 2 aromatic carbocycles. The van der Waals surface area contributed by atoms with Crippen LogP contribution in [0.15, 0.2) is 30.3 Å². The van der Waals surface area contributed by atoms with Crippen molar-refractivity contribution in [2.45, 2.75) is 39.5 Å². The van der Waals surface area contributed by atoms with E-state index in [1.807, 2.05) is 32.0 Å². The number of halogens is 3.